The Morgan fingerprint density at radius 1 is 1.37 bits per heavy atom. The number of nitrogens with one attached hydrogen (secondary N) is 1. The third-order valence-corrected chi connectivity index (χ3v) is 2.83. The SMILES string of the molecule is O=C(OCc1ccccc1)N1CCNCC(F)(F)C1. The van der Waals surface area contributed by atoms with Crippen molar-refractivity contribution in [2.45, 2.75) is 12.5 Å². The van der Waals surface area contributed by atoms with Crippen LogP contribution in [0.5, 0.6) is 0 Å². The van der Waals surface area contributed by atoms with Gasteiger partial charge >= 0.3 is 6.09 Å². The van der Waals surface area contributed by atoms with Crippen LogP contribution in [0.2, 0.25) is 0 Å². The average Bonchev–Trinajstić information content (AvgIpc) is 2.58. The molecule has 0 saturated carbocycles. The minimum Gasteiger partial charge on any atom is -0.445 e. The van der Waals surface area contributed by atoms with Gasteiger partial charge in [0.1, 0.15) is 6.61 Å². The van der Waals surface area contributed by atoms with Crippen molar-refractivity contribution in [1.29, 1.82) is 0 Å². The normalized spacial score (nSPS) is 18.7. The molecule has 6 heteroatoms. The zero-order valence-corrected chi connectivity index (χ0v) is 10.4. The van der Waals surface area contributed by atoms with E-state index in [9.17, 15) is 13.6 Å². The van der Waals surface area contributed by atoms with Crippen molar-refractivity contribution in [3.8, 4) is 0 Å². The summed E-state index contributed by atoms with van der Waals surface area (Å²) in [7, 11) is 0. The number of alkyl halides is 2. The summed E-state index contributed by atoms with van der Waals surface area (Å²) < 4.78 is 31.7. The Kier molecular flexibility index (Phi) is 4.31. The lowest BCUT2D eigenvalue weighted by molar-refractivity contribution is -0.0193. The molecule has 1 aromatic rings. The van der Waals surface area contributed by atoms with Gasteiger partial charge in [0.25, 0.3) is 5.92 Å². The molecule has 0 aliphatic carbocycles. The van der Waals surface area contributed by atoms with Crippen LogP contribution >= 0.6 is 0 Å². The number of hydrogen-bond donors (Lipinski definition) is 1. The van der Waals surface area contributed by atoms with Crippen LogP contribution in [-0.4, -0.2) is 43.1 Å². The first-order valence-electron chi connectivity index (χ1n) is 6.11. The van der Waals surface area contributed by atoms with E-state index in [0.29, 0.717) is 6.54 Å². The molecular weight excluding hydrogens is 254 g/mol. The summed E-state index contributed by atoms with van der Waals surface area (Å²) in [4.78, 5) is 12.8. The van der Waals surface area contributed by atoms with Gasteiger partial charge in [0, 0.05) is 13.1 Å². The molecule has 0 atom stereocenters. The molecule has 1 N–H and O–H groups in total. The van der Waals surface area contributed by atoms with E-state index in [1.54, 1.807) is 0 Å². The van der Waals surface area contributed by atoms with Crippen molar-refractivity contribution in [1.82, 2.24) is 10.2 Å². The monoisotopic (exact) mass is 270 g/mol. The number of halogens is 2. The van der Waals surface area contributed by atoms with Gasteiger partial charge in [-0.15, -0.1) is 0 Å². The predicted octanol–water partition coefficient (Wildman–Crippen LogP) is 1.86. The highest BCUT2D eigenvalue weighted by Crippen LogP contribution is 2.17. The highest BCUT2D eigenvalue weighted by Gasteiger charge is 2.35. The first kappa shape index (κ1) is 13.7. The maximum atomic E-state index is 13.3. The fourth-order valence-corrected chi connectivity index (χ4v) is 1.87. The van der Waals surface area contributed by atoms with Crippen LogP contribution in [0.15, 0.2) is 30.3 Å². The van der Waals surface area contributed by atoms with Crippen LogP contribution in [-0.2, 0) is 11.3 Å². The van der Waals surface area contributed by atoms with Crippen LogP contribution in [0.1, 0.15) is 5.56 Å². The quantitative estimate of drug-likeness (QED) is 0.892. The van der Waals surface area contributed by atoms with Crippen LogP contribution < -0.4 is 5.32 Å². The number of amides is 1. The van der Waals surface area contributed by atoms with E-state index in [1.165, 1.54) is 0 Å². The molecule has 0 radical (unpaired) electrons. The van der Waals surface area contributed by atoms with Gasteiger partial charge < -0.3 is 15.0 Å². The molecule has 4 nitrogen and oxygen atoms in total. The predicted molar refractivity (Wildman–Crippen MR) is 66.0 cm³/mol. The summed E-state index contributed by atoms with van der Waals surface area (Å²) in [5.41, 5.74) is 0.829. The number of carbonyl (C=O) groups excluding carboxylic acids is 1. The molecule has 0 aromatic heterocycles. The molecule has 1 aromatic carbocycles. The maximum Gasteiger partial charge on any atom is 0.410 e. The van der Waals surface area contributed by atoms with Crippen LogP contribution in [0.25, 0.3) is 0 Å². The van der Waals surface area contributed by atoms with Gasteiger partial charge in [0.15, 0.2) is 0 Å². The summed E-state index contributed by atoms with van der Waals surface area (Å²) in [6.07, 6.45) is -0.702. The van der Waals surface area contributed by atoms with Crippen molar-refractivity contribution in [3.63, 3.8) is 0 Å². The molecule has 1 aliphatic heterocycles. The molecule has 19 heavy (non-hydrogen) atoms. The van der Waals surface area contributed by atoms with Gasteiger partial charge in [0.2, 0.25) is 0 Å². The Morgan fingerprint density at radius 3 is 2.84 bits per heavy atom. The standard InChI is InChI=1S/C13H16F2N2O2/c14-13(15)9-16-6-7-17(10-13)12(18)19-8-11-4-2-1-3-5-11/h1-5,16H,6-10H2. The summed E-state index contributed by atoms with van der Waals surface area (Å²) in [5.74, 6) is -2.91. The molecule has 0 bridgehead atoms. The molecule has 1 amide bonds. The van der Waals surface area contributed by atoms with E-state index in [0.717, 1.165) is 10.5 Å². The van der Waals surface area contributed by atoms with E-state index >= 15 is 0 Å². The third-order valence-electron chi connectivity index (χ3n) is 2.83. The molecule has 0 unspecified atom stereocenters. The zero-order chi connectivity index (χ0) is 13.7. The van der Waals surface area contributed by atoms with Crippen molar-refractivity contribution in [2.75, 3.05) is 26.2 Å². The molecule has 1 aliphatic rings. The third kappa shape index (κ3) is 4.17. The van der Waals surface area contributed by atoms with Gasteiger partial charge in [-0.25, -0.2) is 13.6 Å². The summed E-state index contributed by atoms with van der Waals surface area (Å²) in [6.45, 7) is -0.350. The fourth-order valence-electron chi connectivity index (χ4n) is 1.87. The molecule has 0 spiro atoms. The maximum absolute atomic E-state index is 13.3. The second-order valence-corrected chi connectivity index (χ2v) is 4.49. The molecule has 1 saturated heterocycles. The molecular formula is C13H16F2N2O2. The first-order valence-corrected chi connectivity index (χ1v) is 6.11. The lowest BCUT2D eigenvalue weighted by atomic mass is 10.2. The van der Waals surface area contributed by atoms with E-state index in [1.807, 2.05) is 30.3 Å². The van der Waals surface area contributed by atoms with Gasteiger partial charge in [-0.3, -0.25) is 0 Å². The van der Waals surface area contributed by atoms with Crippen LogP contribution in [0.3, 0.4) is 0 Å². The number of ether oxygens (including phenoxy) is 1. The van der Waals surface area contributed by atoms with E-state index in [4.69, 9.17) is 4.74 Å². The Morgan fingerprint density at radius 2 is 2.11 bits per heavy atom. The number of carbonyl (C=O) groups is 1. The first-order chi connectivity index (χ1) is 9.07. The summed E-state index contributed by atoms with van der Waals surface area (Å²) >= 11 is 0. The van der Waals surface area contributed by atoms with Gasteiger partial charge in [-0.1, -0.05) is 30.3 Å². The van der Waals surface area contributed by atoms with Crippen LogP contribution in [0.4, 0.5) is 13.6 Å². The van der Waals surface area contributed by atoms with Gasteiger partial charge in [-0.2, -0.15) is 0 Å². The molecule has 2 rings (SSSR count). The number of rotatable bonds is 2. The highest BCUT2D eigenvalue weighted by atomic mass is 19.3. The Labute approximate surface area is 110 Å². The smallest absolute Gasteiger partial charge is 0.410 e. The minimum atomic E-state index is -2.91. The van der Waals surface area contributed by atoms with Crippen molar-refractivity contribution in [3.05, 3.63) is 35.9 Å². The second-order valence-electron chi connectivity index (χ2n) is 4.49. The lowest BCUT2D eigenvalue weighted by Crippen LogP contribution is -2.41. The lowest BCUT2D eigenvalue weighted by Gasteiger charge is -2.22. The number of hydrogen-bond acceptors (Lipinski definition) is 3. The number of benzene rings is 1. The van der Waals surface area contributed by atoms with E-state index < -0.39 is 25.1 Å². The molecule has 1 heterocycles. The number of nitrogens with zero attached hydrogens (tertiary/aromatic N) is 1. The zero-order valence-electron chi connectivity index (χ0n) is 10.4. The summed E-state index contributed by atoms with van der Waals surface area (Å²) in [6, 6.07) is 9.13. The Balaban J connectivity index is 1.88. The second kappa shape index (κ2) is 5.97. The average molecular weight is 270 g/mol. The largest absolute Gasteiger partial charge is 0.445 e. The summed E-state index contributed by atoms with van der Waals surface area (Å²) in [5, 5.41) is 2.60. The van der Waals surface area contributed by atoms with Crippen LogP contribution in [0, 0.1) is 0 Å². The highest BCUT2D eigenvalue weighted by molar-refractivity contribution is 5.67. The fraction of sp³-hybridized carbons (Fsp3) is 0.462. The minimum absolute atomic E-state index is 0.0924. The molecule has 104 valence electrons. The molecule has 1 fully saturated rings. The van der Waals surface area contributed by atoms with E-state index in [-0.39, 0.29) is 13.2 Å². The van der Waals surface area contributed by atoms with Gasteiger partial charge in [-0.05, 0) is 5.56 Å². The van der Waals surface area contributed by atoms with Crippen molar-refractivity contribution < 1.29 is 18.3 Å². The Hall–Kier alpha value is -1.69. The van der Waals surface area contributed by atoms with Gasteiger partial charge in [0.05, 0.1) is 13.1 Å². The van der Waals surface area contributed by atoms with Crippen molar-refractivity contribution >= 4 is 6.09 Å². The topological polar surface area (TPSA) is 41.6 Å². The van der Waals surface area contributed by atoms with E-state index in [2.05, 4.69) is 5.32 Å². The van der Waals surface area contributed by atoms with Crippen molar-refractivity contribution in [2.24, 2.45) is 0 Å². The Bertz CT molecular complexity index is 426.